The van der Waals surface area contributed by atoms with Crippen LogP contribution in [-0.4, -0.2) is 29.9 Å². The number of carbonyl (C=O) groups is 1. The highest BCUT2D eigenvalue weighted by Gasteiger charge is 2.27. The second-order valence-corrected chi connectivity index (χ2v) is 8.11. The number of benzene rings is 2. The molecular weight excluding hydrogens is 332 g/mol. The van der Waals surface area contributed by atoms with Crippen molar-refractivity contribution >= 4 is 11.6 Å². The van der Waals surface area contributed by atoms with Gasteiger partial charge in [0.05, 0.1) is 6.04 Å². The van der Waals surface area contributed by atoms with Gasteiger partial charge in [-0.1, -0.05) is 48.0 Å². The van der Waals surface area contributed by atoms with E-state index in [1.807, 2.05) is 6.92 Å². The summed E-state index contributed by atoms with van der Waals surface area (Å²) in [6.07, 6.45) is 3.47. The maximum Gasteiger partial charge on any atom is 0.241 e. The fourth-order valence-electron chi connectivity index (χ4n) is 4.26. The molecule has 144 valence electrons. The lowest BCUT2D eigenvalue weighted by Gasteiger charge is -2.35. The lowest BCUT2D eigenvalue weighted by molar-refractivity contribution is -0.121. The summed E-state index contributed by atoms with van der Waals surface area (Å²) in [6.45, 7) is 10.3. The second kappa shape index (κ2) is 8.71. The number of carbonyl (C=O) groups excluding carboxylic acids is 1. The third kappa shape index (κ3) is 4.98. The van der Waals surface area contributed by atoms with Gasteiger partial charge in [0.2, 0.25) is 5.91 Å². The summed E-state index contributed by atoms with van der Waals surface area (Å²) >= 11 is 0. The second-order valence-electron chi connectivity index (χ2n) is 8.11. The Balaban J connectivity index is 1.54. The average molecular weight is 365 g/mol. The van der Waals surface area contributed by atoms with Crippen LogP contribution in [0.4, 0.5) is 5.69 Å². The molecule has 1 atom stereocenters. The molecule has 3 heteroatoms. The van der Waals surface area contributed by atoms with Gasteiger partial charge in [0.25, 0.3) is 0 Å². The van der Waals surface area contributed by atoms with Crippen molar-refractivity contribution in [2.45, 2.75) is 53.0 Å². The molecular formula is C24H32N2O. The number of nitrogens with zero attached hydrogens (tertiary/aromatic N) is 1. The van der Waals surface area contributed by atoms with Gasteiger partial charge in [-0.25, -0.2) is 0 Å². The molecule has 0 aromatic heterocycles. The minimum absolute atomic E-state index is 0.0946. The molecule has 3 rings (SSSR count). The van der Waals surface area contributed by atoms with Crippen molar-refractivity contribution in [1.82, 2.24) is 4.90 Å². The van der Waals surface area contributed by atoms with E-state index in [0.29, 0.717) is 0 Å². The monoisotopic (exact) mass is 364 g/mol. The van der Waals surface area contributed by atoms with E-state index in [9.17, 15) is 4.79 Å². The van der Waals surface area contributed by atoms with Crippen LogP contribution in [0, 0.1) is 26.7 Å². The van der Waals surface area contributed by atoms with Gasteiger partial charge in [0.15, 0.2) is 0 Å². The molecule has 1 aliphatic heterocycles. The summed E-state index contributed by atoms with van der Waals surface area (Å²) in [5.74, 6) is 0.826. The number of aryl methyl sites for hydroxylation is 3. The van der Waals surface area contributed by atoms with Gasteiger partial charge in [-0.15, -0.1) is 0 Å². The van der Waals surface area contributed by atoms with E-state index in [-0.39, 0.29) is 11.9 Å². The number of hydrogen-bond acceptors (Lipinski definition) is 2. The van der Waals surface area contributed by atoms with Crippen molar-refractivity contribution in [1.29, 1.82) is 0 Å². The summed E-state index contributed by atoms with van der Waals surface area (Å²) in [4.78, 5) is 15.1. The molecule has 0 bridgehead atoms. The first-order chi connectivity index (χ1) is 12.9. The Morgan fingerprint density at radius 1 is 1.07 bits per heavy atom. The molecule has 3 nitrogen and oxygen atoms in total. The topological polar surface area (TPSA) is 32.3 Å². The van der Waals surface area contributed by atoms with Crippen LogP contribution in [0.1, 0.15) is 42.0 Å². The Bertz CT molecular complexity index is 753. The predicted octanol–water partition coefficient (Wildman–Crippen LogP) is 4.89. The van der Waals surface area contributed by atoms with Gasteiger partial charge in [-0.2, -0.15) is 0 Å². The number of hydrogen-bond donors (Lipinski definition) is 1. The van der Waals surface area contributed by atoms with Crippen molar-refractivity contribution in [3.05, 3.63) is 64.7 Å². The Kier molecular flexibility index (Phi) is 6.33. The smallest absolute Gasteiger partial charge is 0.241 e. The van der Waals surface area contributed by atoms with Crippen molar-refractivity contribution in [3.63, 3.8) is 0 Å². The number of piperidine rings is 1. The molecule has 0 spiro atoms. The summed E-state index contributed by atoms with van der Waals surface area (Å²) in [5, 5.41) is 3.17. The maximum atomic E-state index is 12.8. The first-order valence-electron chi connectivity index (χ1n) is 10.1. The molecule has 2 aromatic rings. The fourth-order valence-corrected chi connectivity index (χ4v) is 4.26. The molecule has 27 heavy (non-hydrogen) atoms. The molecule has 1 aliphatic rings. The Hall–Kier alpha value is -2.13. The van der Waals surface area contributed by atoms with Crippen LogP contribution in [0.3, 0.4) is 0 Å². The summed E-state index contributed by atoms with van der Waals surface area (Å²) in [7, 11) is 0. The summed E-state index contributed by atoms with van der Waals surface area (Å²) in [6, 6.07) is 14.9. The summed E-state index contributed by atoms with van der Waals surface area (Å²) in [5.41, 5.74) is 5.89. The minimum atomic E-state index is -0.0946. The molecule has 1 saturated heterocycles. The van der Waals surface area contributed by atoms with Crippen molar-refractivity contribution < 1.29 is 4.79 Å². The van der Waals surface area contributed by atoms with Gasteiger partial charge in [0.1, 0.15) is 0 Å². The third-order valence-electron chi connectivity index (χ3n) is 5.87. The molecule has 1 N–H and O–H groups in total. The highest BCUT2D eigenvalue weighted by Crippen LogP contribution is 2.25. The zero-order valence-corrected chi connectivity index (χ0v) is 17.1. The third-order valence-corrected chi connectivity index (χ3v) is 5.87. The molecule has 0 aliphatic carbocycles. The molecule has 1 fully saturated rings. The zero-order valence-electron chi connectivity index (χ0n) is 17.1. The van der Waals surface area contributed by atoms with Crippen LogP contribution in [0.15, 0.2) is 42.5 Å². The summed E-state index contributed by atoms with van der Waals surface area (Å²) < 4.78 is 0. The van der Waals surface area contributed by atoms with Gasteiger partial charge in [-0.3, -0.25) is 9.69 Å². The normalized spacial score (nSPS) is 16.9. The SMILES string of the molecule is Cc1cc(C)c(NC(=O)[C@H](C)N2CCC(Cc3ccccc3)CC2)c(C)c1. The van der Waals surface area contributed by atoms with Gasteiger partial charge in [0, 0.05) is 5.69 Å². The molecule has 1 heterocycles. The van der Waals surface area contributed by atoms with Crippen molar-refractivity contribution in [3.8, 4) is 0 Å². The van der Waals surface area contributed by atoms with E-state index in [0.717, 1.165) is 55.1 Å². The first-order valence-corrected chi connectivity index (χ1v) is 10.1. The number of amides is 1. The highest BCUT2D eigenvalue weighted by molar-refractivity contribution is 5.96. The average Bonchev–Trinajstić information content (AvgIpc) is 2.65. The van der Waals surface area contributed by atoms with Gasteiger partial charge >= 0.3 is 0 Å². The molecule has 2 aromatic carbocycles. The lowest BCUT2D eigenvalue weighted by atomic mass is 9.89. The van der Waals surface area contributed by atoms with E-state index < -0.39 is 0 Å². The molecule has 1 amide bonds. The first kappa shape index (κ1) is 19.6. The Morgan fingerprint density at radius 2 is 1.67 bits per heavy atom. The van der Waals surface area contributed by atoms with Gasteiger partial charge in [-0.05, 0) is 82.7 Å². The standard InChI is InChI=1S/C24H32N2O/c1-17-14-18(2)23(19(3)15-17)25-24(27)20(4)26-12-10-22(11-13-26)16-21-8-6-5-7-9-21/h5-9,14-15,20,22H,10-13,16H2,1-4H3,(H,25,27)/t20-/m0/s1. The van der Waals surface area contributed by atoms with E-state index in [1.165, 1.54) is 11.1 Å². The molecule has 0 unspecified atom stereocenters. The fraction of sp³-hybridized carbons (Fsp3) is 0.458. The molecule has 0 radical (unpaired) electrons. The van der Waals surface area contributed by atoms with Crippen LogP contribution in [0.2, 0.25) is 0 Å². The van der Waals surface area contributed by atoms with Crippen molar-refractivity contribution in [2.24, 2.45) is 5.92 Å². The van der Waals surface area contributed by atoms with E-state index in [2.05, 4.69) is 73.5 Å². The van der Waals surface area contributed by atoms with E-state index in [4.69, 9.17) is 0 Å². The maximum absolute atomic E-state index is 12.8. The minimum Gasteiger partial charge on any atom is -0.324 e. The van der Waals surface area contributed by atoms with Crippen molar-refractivity contribution in [2.75, 3.05) is 18.4 Å². The van der Waals surface area contributed by atoms with Gasteiger partial charge < -0.3 is 5.32 Å². The highest BCUT2D eigenvalue weighted by atomic mass is 16.2. The number of anilines is 1. The Morgan fingerprint density at radius 3 is 2.26 bits per heavy atom. The number of nitrogens with one attached hydrogen (secondary N) is 1. The quantitative estimate of drug-likeness (QED) is 0.819. The largest absolute Gasteiger partial charge is 0.324 e. The predicted molar refractivity (Wildman–Crippen MR) is 113 cm³/mol. The Labute approximate surface area is 163 Å². The van der Waals surface area contributed by atoms with E-state index >= 15 is 0 Å². The van der Waals surface area contributed by atoms with Crippen LogP contribution in [-0.2, 0) is 11.2 Å². The number of rotatable bonds is 5. The van der Waals surface area contributed by atoms with Crippen LogP contribution < -0.4 is 5.32 Å². The zero-order chi connectivity index (χ0) is 19.4. The van der Waals surface area contributed by atoms with Crippen LogP contribution >= 0.6 is 0 Å². The van der Waals surface area contributed by atoms with E-state index in [1.54, 1.807) is 0 Å². The number of likely N-dealkylation sites (tertiary alicyclic amines) is 1. The molecule has 0 saturated carbocycles. The van der Waals surface area contributed by atoms with Crippen LogP contribution in [0.25, 0.3) is 0 Å². The van der Waals surface area contributed by atoms with Crippen LogP contribution in [0.5, 0.6) is 0 Å². The lowest BCUT2D eigenvalue weighted by Crippen LogP contribution is -2.46.